The summed E-state index contributed by atoms with van der Waals surface area (Å²) in [6.45, 7) is 3.59. The fourth-order valence-electron chi connectivity index (χ4n) is 4.11. The quantitative estimate of drug-likeness (QED) is 0.503. The van der Waals surface area contributed by atoms with Crippen molar-refractivity contribution in [2.75, 3.05) is 25.9 Å². The molecule has 2 heterocycles. The van der Waals surface area contributed by atoms with E-state index in [-0.39, 0.29) is 5.91 Å². The van der Waals surface area contributed by atoms with Crippen LogP contribution in [0.1, 0.15) is 31.4 Å². The number of carbonyl (C=O) groups excluding carboxylic acids is 1. The number of hydrogen-bond acceptors (Lipinski definition) is 4. The zero-order chi connectivity index (χ0) is 22.7. The molecule has 170 valence electrons. The predicted octanol–water partition coefficient (Wildman–Crippen LogP) is 4.07. The number of thioether (sulfide) groups is 1. The molecule has 1 amide bonds. The van der Waals surface area contributed by atoms with E-state index in [0.29, 0.717) is 24.5 Å². The molecule has 1 atom stereocenters. The minimum atomic E-state index is -3.46. The number of sulfonamides is 1. The van der Waals surface area contributed by atoms with E-state index in [4.69, 9.17) is 0 Å². The van der Waals surface area contributed by atoms with Crippen molar-refractivity contribution < 1.29 is 13.2 Å². The maximum atomic E-state index is 12.9. The Bertz CT molecular complexity index is 1200. The normalized spacial score (nSPS) is 15.8. The molecule has 0 unspecified atom stereocenters. The molecule has 2 aromatic carbocycles. The summed E-state index contributed by atoms with van der Waals surface area (Å²) in [7, 11) is -3.46. The molecule has 1 aliphatic rings. The third-order valence-electron chi connectivity index (χ3n) is 6.06. The average molecular weight is 472 g/mol. The summed E-state index contributed by atoms with van der Waals surface area (Å²) in [4.78, 5) is 14.3. The van der Waals surface area contributed by atoms with Gasteiger partial charge in [0.1, 0.15) is 6.04 Å². The van der Waals surface area contributed by atoms with Gasteiger partial charge in [-0.2, -0.15) is 4.31 Å². The Kier molecular flexibility index (Phi) is 6.93. The minimum Gasteiger partial charge on any atom is -0.354 e. The van der Waals surface area contributed by atoms with Crippen LogP contribution in [0.5, 0.6) is 0 Å². The first kappa shape index (κ1) is 22.9. The third-order valence-corrected chi connectivity index (χ3v) is 8.70. The Labute approximate surface area is 194 Å². The monoisotopic (exact) mass is 471 g/mol. The largest absolute Gasteiger partial charge is 0.354 e. The third kappa shape index (κ3) is 4.72. The first-order valence-corrected chi connectivity index (χ1v) is 13.6. The summed E-state index contributed by atoms with van der Waals surface area (Å²) < 4.78 is 29.1. The number of fused-ring (bicyclic) bond motifs is 1. The summed E-state index contributed by atoms with van der Waals surface area (Å²) in [6, 6.07) is 15.0. The molecule has 1 aromatic heterocycles. The van der Waals surface area contributed by atoms with Crippen molar-refractivity contribution in [3.05, 3.63) is 60.3 Å². The van der Waals surface area contributed by atoms with Gasteiger partial charge in [0.2, 0.25) is 15.9 Å². The van der Waals surface area contributed by atoms with Gasteiger partial charge in [0.15, 0.2) is 0 Å². The zero-order valence-electron chi connectivity index (χ0n) is 18.5. The van der Waals surface area contributed by atoms with Crippen LogP contribution in [0, 0.1) is 0 Å². The molecule has 8 heteroatoms. The smallest absolute Gasteiger partial charge is 0.243 e. The van der Waals surface area contributed by atoms with Crippen molar-refractivity contribution in [1.29, 1.82) is 0 Å². The first-order chi connectivity index (χ1) is 15.4. The number of aromatic nitrogens is 1. The van der Waals surface area contributed by atoms with E-state index in [1.54, 1.807) is 34.3 Å². The van der Waals surface area contributed by atoms with Gasteiger partial charge in [0.05, 0.1) is 4.90 Å². The summed E-state index contributed by atoms with van der Waals surface area (Å²) in [5.41, 5.74) is 2.04. The van der Waals surface area contributed by atoms with Crippen LogP contribution in [0.15, 0.2) is 64.5 Å². The van der Waals surface area contributed by atoms with Gasteiger partial charge in [-0.15, -0.1) is 11.8 Å². The lowest BCUT2D eigenvalue weighted by Crippen LogP contribution is -2.32. The Morgan fingerprint density at radius 2 is 1.81 bits per heavy atom. The van der Waals surface area contributed by atoms with Crippen LogP contribution in [0.4, 0.5) is 0 Å². The molecule has 4 rings (SSSR count). The molecule has 3 aromatic rings. The van der Waals surface area contributed by atoms with Gasteiger partial charge in [-0.05, 0) is 74.4 Å². The molecule has 32 heavy (non-hydrogen) atoms. The number of amides is 1. The Morgan fingerprint density at radius 3 is 2.50 bits per heavy atom. The lowest BCUT2D eigenvalue weighted by Gasteiger charge is -2.17. The first-order valence-electron chi connectivity index (χ1n) is 10.9. The van der Waals surface area contributed by atoms with E-state index < -0.39 is 16.1 Å². The summed E-state index contributed by atoms with van der Waals surface area (Å²) in [5.74, 6) is -0.0583. The van der Waals surface area contributed by atoms with Crippen molar-refractivity contribution in [1.82, 2.24) is 14.2 Å². The SMILES string of the molecule is CSc1ccc(CCNC(=O)[C@H](C)n2ccc3cc(S(=O)(=O)N4CCCC4)ccc32)cc1. The molecule has 0 saturated carbocycles. The lowest BCUT2D eigenvalue weighted by molar-refractivity contribution is -0.123. The van der Waals surface area contributed by atoms with Crippen molar-refractivity contribution in [2.24, 2.45) is 0 Å². The van der Waals surface area contributed by atoms with Crippen LogP contribution in [0.2, 0.25) is 0 Å². The predicted molar refractivity (Wildman–Crippen MR) is 130 cm³/mol. The lowest BCUT2D eigenvalue weighted by atomic mass is 10.1. The van der Waals surface area contributed by atoms with Crippen LogP contribution in [-0.4, -0.2) is 49.1 Å². The highest BCUT2D eigenvalue weighted by atomic mass is 32.2. The second-order valence-corrected chi connectivity index (χ2v) is 10.9. The molecule has 1 fully saturated rings. The van der Waals surface area contributed by atoms with Gasteiger partial charge >= 0.3 is 0 Å². The van der Waals surface area contributed by atoms with E-state index in [1.165, 1.54) is 10.5 Å². The molecule has 1 N–H and O–H groups in total. The number of rotatable bonds is 8. The molecule has 0 aliphatic carbocycles. The van der Waals surface area contributed by atoms with Crippen LogP contribution in [0.3, 0.4) is 0 Å². The topological polar surface area (TPSA) is 71.4 Å². The maximum Gasteiger partial charge on any atom is 0.243 e. The fraction of sp³-hybridized carbons (Fsp3) is 0.375. The minimum absolute atomic E-state index is 0.0583. The highest BCUT2D eigenvalue weighted by molar-refractivity contribution is 7.98. The Balaban J connectivity index is 1.42. The van der Waals surface area contributed by atoms with Gasteiger partial charge in [-0.1, -0.05) is 12.1 Å². The molecular weight excluding hydrogens is 442 g/mol. The molecule has 1 saturated heterocycles. The second kappa shape index (κ2) is 9.68. The number of hydrogen-bond donors (Lipinski definition) is 1. The van der Waals surface area contributed by atoms with Crippen molar-refractivity contribution >= 4 is 38.6 Å². The van der Waals surface area contributed by atoms with E-state index in [2.05, 4.69) is 35.8 Å². The van der Waals surface area contributed by atoms with Gasteiger partial charge in [-0.3, -0.25) is 4.79 Å². The summed E-state index contributed by atoms with van der Waals surface area (Å²) in [6.07, 6.45) is 6.50. The van der Waals surface area contributed by atoms with Crippen LogP contribution >= 0.6 is 11.8 Å². The molecule has 0 bridgehead atoms. The summed E-state index contributed by atoms with van der Waals surface area (Å²) in [5, 5.41) is 3.84. The van der Waals surface area contributed by atoms with E-state index in [0.717, 1.165) is 30.2 Å². The van der Waals surface area contributed by atoms with Gasteiger partial charge in [0, 0.05) is 41.6 Å². The zero-order valence-corrected chi connectivity index (χ0v) is 20.1. The Hall–Kier alpha value is -2.29. The van der Waals surface area contributed by atoms with E-state index >= 15 is 0 Å². The molecule has 6 nitrogen and oxygen atoms in total. The number of carbonyl (C=O) groups is 1. The van der Waals surface area contributed by atoms with E-state index in [9.17, 15) is 13.2 Å². The van der Waals surface area contributed by atoms with Gasteiger partial charge in [-0.25, -0.2) is 8.42 Å². The highest BCUT2D eigenvalue weighted by Crippen LogP contribution is 2.27. The number of benzene rings is 2. The maximum absolute atomic E-state index is 12.9. The Morgan fingerprint density at radius 1 is 1.09 bits per heavy atom. The van der Waals surface area contributed by atoms with Gasteiger partial charge < -0.3 is 9.88 Å². The van der Waals surface area contributed by atoms with Crippen molar-refractivity contribution in [2.45, 2.75) is 42.0 Å². The second-order valence-electron chi connectivity index (χ2n) is 8.12. The molecule has 1 aliphatic heterocycles. The van der Waals surface area contributed by atoms with E-state index in [1.807, 2.05) is 23.8 Å². The van der Waals surface area contributed by atoms with Crippen LogP contribution < -0.4 is 5.32 Å². The van der Waals surface area contributed by atoms with Crippen molar-refractivity contribution in [3.63, 3.8) is 0 Å². The fourth-order valence-corrected chi connectivity index (χ4v) is 6.08. The number of nitrogens with one attached hydrogen (secondary N) is 1. The van der Waals surface area contributed by atoms with Gasteiger partial charge in [0.25, 0.3) is 0 Å². The standard InChI is InChI=1S/C24H29N3O3S2/c1-18(24(28)25-13-11-19-5-7-21(31-2)8-6-19)27-16-12-20-17-22(9-10-23(20)27)32(29,30)26-14-3-4-15-26/h5-10,12,16-18H,3-4,11,13-15H2,1-2H3,(H,25,28)/t18-/m0/s1. The highest BCUT2D eigenvalue weighted by Gasteiger charge is 2.27. The van der Waals surface area contributed by atoms with Crippen molar-refractivity contribution in [3.8, 4) is 0 Å². The summed E-state index contributed by atoms with van der Waals surface area (Å²) >= 11 is 1.71. The van der Waals surface area contributed by atoms with Crippen LogP contribution in [0.25, 0.3) is 10.9 Å². The molecule has 0 spiro atoms. The number of nitrogens with zero attached hydrogens (tertiary/aromatic N) is 2. The molecular formula is C24H29N3O3S2. The molecule has 0 radical (unpaired) electrons. The van der Waals surface area contributed by atoms with Crippen LogP contribution in [-0.2, 0) is 21.2 Å². The average Bonchev–Trinajstić information content (AvgIpc) is 3.49.